The third-order valence-electron chi connectivity index (χ3n) is 9.24. The highest BCUT2D eigenvalue weighted by molar-refractivity contribution is 6.63. The van der Waals surface area contributed by atoms with Crippen LogP contribution in [0, 0.1) is 0 Å². The molecule has 0 bridgehead atoms. The number of rotatable bonds is 4. The van der Waals surface area contributed by atoms with Crippen LogP contribution in [-0.2, 0) is 14.7 Å². The molecule has 7 rings (SSSR count). The Morgan fingerprint density at radius 1 is 0.475 bits per heavy atom. The molecule has 2 aliphatic rings. The predicted molar refractivity (Wildman–Crippen MR) is 165 cm³/mol. The molecule has 1 heterocycles. The van der Waals surface area contributed by atoms with E-state index < -0.39 is 23.7 Å². The summed E-state index contributed by atoms with van der Waals surface area (Å²) < 4.78 is 13.0. The van der Waals surface area contributed by atoms with Gasteiger partial charge in [0.25, 0.3) is 0 Å². The third-order valence-corrected chi connectivity index (χ3v) is 9.24. The minimum Gasteiger partial charge on any atom is -0.399 e. The second-order valence-corrected chi connectivity index (χ2v) is 12.0. The summed E-state index contributed by atoms with van der Waals surface area (Å²) in [4.78, 5) is 0. The Bertz CT molecular complexity index is 1650. The lowest BCUT2D eigenvalue weighted by atomic mass is 9.67. The Hall–Kier alpha value is -3.92. The van der Waals surface area contributed by atoms with Crippen molar-refractivity contribution < 1.29 is 9.31 Å². The molecule has 0 atom stereocenters. The van der Waals surface area contributed by atoms with Crippen LogP contribution in [0.25, 0.3) is 22.3 Å². The summed E-state index contributed by atoms with van der Waals surface area (Å²) in [5.74, 6) is 0. The molecule has 5 aromatic rings. The van der Waals surface area contributed by atoms with Gasteiger partial charge in [-0.15, -0.1) is 0 Å². The average Bonchev–Trinajstić information content (AvgIpc) is 3.40. The molecule has 1 aliphatic carbocycles. The normalized spacial score (nSPS) is 17.9. The van der Waals surface area contributed by atoms with Crippen molar-refractivity contribution in [1.29, 1.82) is 0 Å². The smallest absolute Gasteiger partial charge is 0.399 e. The minimum atomic E-state index is -0.422. The van der Waals surface area contributed by atoms with Gasteiger partial charge in [0.1, 0.15) is 0 Å². The fourth-order valence-electron chi connectivity index (χ4n) is 6.55. The van der Waals surface area contributed by atoms with Gasteiger partial charge < -0.3 is 9.31 Å². The van der Waals surface area contributed by atoms with E-state index in [0.29, 0.717) is 0 Å². The zero-order chi connectivity index (χ0) is 27.5. The van der Waals surface area contributed by atoms with E-state index in [2.05, 4.69) is 155 Å². The summed E-state index contributed by atoms with van der Waals surface area (Å²) in [5.41, 5.74) is 9.90. The van der Waals surface area contributed by atoms with E-state index in [4.69, 9.17) is 9.31 Å². The van der Waals surface area contributed by atoms with Gasteiger partial charge in [-0.25, -0.2) is 0 Å². The van der Waals surface area contributed by atoms with Crippen LogP contribution < -0.4 is 5.46 Å². The standard InChI is InChI=1S/C37H33BO2/c1-35(2)36(3,4)40-38(39-35)34-22-14-12-19-29(34)26-23-24-33-31(25-26)30-20-11-13-21-32(30)37(33,27-15-7-5-8-16-27)28-17-9-6-10-18-28/h5-25H,1-4H3. The summed E-state index contributed by atoms with van der Waals surface area (Å²) >= 11 is 0. The minimum absolute atomic E-state index is 0.391. The van der Waals surface area contributed by atoms with Gasteiger partial charge in [-0.3, -0.25) is 0 Å². The largest absolute Gasteiger partial charge is 0.495 e. The Kier molecular flexibility index (Phi) is 5.68. The van der Waals surface area contributed by atoms with Crippen LogP contribution in [-0.4, -0.2) is 18.3 Å². The first-order chi connectivity index (χ1) is 19.3. The van der Waals surface area contributed by atoms with Crippen LogP contribution in [0.2, 0.25) is 0 Å². The Labute approximate surface area is 237 Å². The lowest BCUT2D eigenvalue weighted by Crippen LogP contribution is -2.41. The van der Waals surface area contributed by atoms with Crippen molar-refractivity contribution in [3.8, 4) is 22.3 Å². The number of benzene rings is 5. The highest BCUT2D eigenvalue weighted by Crippen LogP contribution is 2.56. The lowest BCUT2D eigenvalue weighted by molar-refractivity contribution is 0.00578. The van der Waals surface area contributed by atoms with Crippen molar-refractivity contribution in [3.63, 3.8) is 0 Å². The first-order valence-electron chi connectivity index (χ1n) is 14.1. The quantitative estimate of drug-likeness (QED) is 0.219. The van der Waals surface area contributed by atoms with E-state index in [1.54, 1.807) is 0 Å². The van der Waals surface area contributed by atoms with Gasteiger partial charge in [0.15, 0.2) is 0 Å². The highest BCUT2D eigenvalue weighted by atomic mass is 16.7. The van der Waals surface area contributed by atoms with Crippen LogP contribution in [0.4, 0.5) is 0 Å². The van der Waals surface area contributed by atoms with Crippen LogP contribution in [0.1, 0.15) is 49.9 Å². The monoisotopic (exact) mass is 520 g/mol. The molecular weight excluding hydrogens is 487 g/mol. The fourth-order valence-corrected chi connectivity index (χ4v) is 6.55. The molecule has 1 aliphatic heterocycles. The Morgan fingerprint density at radius 2 is 0.975 bits per heavy atom. The summed E-state index contributed by atoms with van der Waals surface area (Å²) in [7, 11) is -0.422. The van der Waals surface area contributed by atoms with Crippen LogP contribution in [0.3, 0.4) is 0 Å². The molecule has 2 nitrogen and oxygen atoms in total. The van der Waals surface area contributed by atoms with Gasteiger partial charge in [0.05, 0.1) is 16.6 Å². The third kappa shape index (κ3) is 3.58. The van der Waals surface area contributed by atoms with Gasteiger partial charge in [-0.05, 0) is 83.7 Å². The maximum atomic E-state index is 6.49. The maximum Gasteiger partial charge on any atom is 0.495 e. The Balaban J connectivity index is 1.45. The molecule has 1 saturated heterocycles. The molecule has 0 amide bonds. The second kappa shape index (κ2) is 9.06. The van der Waals surface area contributed by atoms with E-state index >= 15 is 0 Å². The molecule has 40 heavy (non-hydrogen) atoms. The SMILES string of the molecule is CC1(C)OB(c2ccccc2-c2ccc3c(c2)-c2ccccc2C3(c2ccccc2)c2ccccc2)OC1(C)C. The highest BCUT2D eigenvalue weighted by Gasteiger charge is 2.52. The van der Waals surface area contributed by atoms with Crippen molar-refractivity contribution in [3.05, 3.63) is 150 Å². The molecule has 0 saturated carbocycles. The zero-order valence-electron chi connectivity index (χ0n) is 23.5. The van der Waals surface area contributed by atoms with Gasteiger partial charge in [-0.2, -0.15) is 0 Å². The van der Waals surface area contributed by atoms with Crippen LogP contribution in [0.15, 0.2) is 127 Å². The summed E-state index contributed by atoms with van der Waals surface area (Å²) in [6.07, 6.45) is 0. The van der Waals surface area contributed by atoms with Gasteiger partial charge in [0.2, 0.25) is 0 Å². The second-order valence-electron chi connectivity index (χ2n) is 12.0. The molecule has 5 aromatic carbocycles. The zero-order valence-corrected chi connectivity index (χ0v) is 23.5. The first-order valence-corrected chi connectivity index (χ1v) is 14.1. The summed E-state index contributed by atoms with van der Waals surface area (Å²) in [6.45, 7) is 8.42. The van der Waals surface area contributed by atoms with E-state index in [-0.39, 0.29) is 0 Å². The van der Waals surface area contributed by atoms with Crippen LogP contribution in [0.5, 0.6) is 0 Å². The van der Waals surface area contributed by atoms with E-state index in [1.807, 2.05) is 0 Å². The van der Waals surface area contributed by atoms with Crippen molar-refractivity contribution in [2.24, 2.45) is 0 Å². The molecule has 0 unspecified atom stereocenters. The molecule has 0 spiro atoms. The maximum absolute atomic E-state index is 6.49. The Morgan fingerprint density at radius 3 is 1.60 bits per heavy atom. The van der Waals surface area contributed by atoms with Crippen LogP contribution >= 0.6 is 0 Å². The molecule has 0 aromatic heterocycles. The van der Waals surface area contributed by atoms with Crippen molar-refractivity contribution in [2.75, 3.05) is 0 Å². The topological polar surface area (TPSA) is 18.5 Å². The first kappa shape index (κ1) is 25.1. The van der Waals surface area contributed by atoms with E-state index in [9.17, 15) is 0 Å². The average molecular weight is 520 g/mol. The number of fused-ring (bicyclic) bond motifs is 3. The molecule has 3 heteroatoms. The van der Waals surface area contributed by atoms with Gasteiger partial charge in [0, 0.05) is 0 Å². The van der Waals surface area contributed by atoms with Crippen molar-refractivity contribution in [2.45, 2.75) is 44.3 Å². The van der Waals surface area contributed by atoms with E-state index in [0.717, 1.165) is 16.6 Å². The predicted octanol–water partition coefficient (Wildman–Crippen LogP) is 8.02. The molecule has 1 fully saturated rings. The molecule has 0 radical (unpaired) electrons. The molecule has 196 valence electrons. The van der Waals surface area contributed by atoms with E-state index in [1.165, 1.54) is 33.4 Å². The number of hydrogen-bond donors (Lipinski definition) is 0. The lowest BCUT2D eigenvalue weighted by Gasteiger charge is -2.33. The summed E-state index contributed by atoms with van der Waals surface area (Å²) in [6, 6.07) is 46.2. The van der Waals surface area contributed by atoms with Gasteiger partial charge in [-0.1, -0.05) is 121 Å². The van der Waals surface area contributed by atoms with Crippen molar-refractivity contribution in [1.82, 2.24) is 0 Å². The fraction of sp³-hybridized carbons (Fsp3) is 0.189. The molecule has 0 N–H and O–H groups in total. The number of hydrogen-bond acceptors (Lipinski definition) is 2. The molecular formula is C37H33BO2. The van der Waals surface area contributed by atoms with Crippen molar-refractivity contribution >= 4 is 12.6 Å². The summed E-state index contributed by atoms with van der Waals surface area (Å²) in [5, 5.41) is 0. The van der Waals surface area contributed by atoms with Gasteiger partial charge >= 0.3 is 7.12 Å².